The highest BCUT2D eigenvalue weighted by Gasteiger charge is 2.21. The van der Waals surface area contributed by atoms with Crippen molar-refractivity contribution in [3.05, 3.63) is 200 Å². The molecule has 0 radical (unpaired) electrons. The average molecular weight is 640 g/mol. The molecule has 0 bridgehead atoms. The molecule has 0 aliphatic rings. The zero-order chi connectivity index (χ0) is 33.3. The molecular formula is C48H33NO. The molecule has 0 N–H and O–H groups in total. The van der Waals surface area contributed by atoms with Crippen molar-refractivity contribution in [1.82, 2.24) is 0 Å². The van der Waals surface area contributed by atoms with Crippen LogP contribution < -0.4 is 4.90 Å². The molecule has 50 heavy (non-hydrogen) atoms. The normalized spacial score (nSPS) is 11.2. The number of rotatable bonds is 7. The number of hydrogen-bond acceptors (Lipinski definition) is 2. The minimum Gasteiger partial charge on any atom is -0.456 e. The van der Waals surface area contributed by atoms with Gasteiger partial charge in [-0.3, -0.25) is 0 Å². The van der Waals surface area contributed by atoms with Crippen molar-refractivity contribution >= 4 is 38.8 Å². The van der Waals surface area contributed by atoms with Gasteiger partial charge >= 0.3 is 0 Å². The van der Waals surface area contributed by atoms with E-state index in [-0.39, 0.29) is 0 Å². The Morgan fingerprint density at radius 1 is 0.340 bits per heavy atom. The number of nitrogens with zero attached hydrogens (tertiary/aromatic N) is 1. The molecule has 1 aromatic heterocycles. The number of fused-ring (bicyclic) bond motifs is 2. The van der Waals surface area contributed by atoms with Crippen molar-refractivity contribution in [3.63, 3.8) is 0 Å². The molecule has 1 heterocycles. The molecule has 0 amide bonds. The second-order valence-electron chi connectivity index (χ2n) is 12.6. The highest BCUT2D eigenvalue weighted by Crippen LogP contribution is 2.45. The number of anilines is 3. The minimum atomic E-state index is 0.835. The second-order valence-corrected chi connectivity index (χ2v) is 12.6. The van der Waals surface area contributed by atoms with Gasteiger partial charge in [-0.2, -0.15) is 0 Å². The summed E-state index contributed by atoms with van der Waals surface area (Å²) >= 11 is 0. The predicted octanol–water partition coefficient (Wildman–Crippen LogP) is 13.7. The SMILES string of the molecule is c1ccc(-c2cc(-c3ccccc3)cc(N(c3ccc(-c4cccc5ccccc45)cc3)c3ccccc3-c3cc4ccccc4o3)c2)cc1. The number of para-hydroxylation sites is 2. The first-order valence-electron chi connectivity index (χ1n) is 17.0. The molecule has 0 saturated carbocycles. The maximum atomic E-state index is 6.49. The first-order chi connectivity index (χ1) is 24.8. The van der Waals surface area contributed by atoms with E-state index in [1.165, 1.54) is 33.0 Å². The summed E-state index contributed by atoms with van der Waals surface area (Å²) in [5, 5.41) is 3.57. The van der Waals surface area contributed by atoms with Gasteiger partial charge in [-0.05, 0) is 98.8 Å². The fraction of sp³-hybridized carbons (Fsp3) is 0. The number of hydrogen-bond donors (Lipinski definition) is 0. The highest BCUT2D eigenvalue weighted by molar-refractivity contribution is 5.97. The third-order valence-electron chi connectivity index (χ3n) is 9.45. The van der Waals surface area contributed by atoms with Gasteiger partial charge in [0.2, 0.25) is 0 Å². The van der Waals surface area contributed by atoms with E-state index in [2.05, 4.69) is 193 Å². The molecular weight excluding hydrogens is 607 g/mol. The Hall–Kier alpha value is -6.64. The zero-order valence-electron chi connectivity index (χ0n) is 27.4. The van der Waals surface area contributed by atoms with Crippen LogP contribution in [0, 0.1) is 0 Å². The van der Waals surface area contributed by atoms with E-state index in [9.17, 15) is 0 Å². The summed E-state index contributed by atoms with van der Waals surface area (Å²) in [5.41, 5.74) is 12.1. The van der Waals surface area contributed by atoms with Crippen LogP contribution in [0.1, 0.15) is 0 Å². The van der Waals surface area contributed by atoms with Gasteiger partial charge in [0.25, 0.3) is 0 Å². The Balaban J connectivity index is 1.26. The van der Waals surface area contributed by atoms with E-state index < -0.39 is 0 Å². The Labute approximate surface area is 292 Å². The van der Waals surface area contributed by atoms with Gasteiger partial charge < -0.3 is 9.32 Å². The molecule has 0 atom stereocenters. The van der Waals surface area contributed by atoms with Crippen LogP contribution in [0.5, 0.6) is 0 Å². The summed E-state index contributed by atoms with van der Waals surface area (Å²) in [5.74, 6) is 0.835. The van der Waals surface area contributed by atoms with Gasteiger partial charge in [-0.1, -0.05) is 146 Å². The Bertz CT molecular complexity index is 2490. The van der Waals surface area contributed by atoms with Crippen LogP contribution in [0.4, 0.5) is 17.1 Å². The lowest BCUT2D eigenvalue weighted by Gasteiger charge is -2.28. The van der Waals surface area contributed by atoms with Crippen molar-refractivity contribution in [2.45, 2.75) is 0 Å². The fourth-order valence-corrected chi connectivity index (χ4v) is 7.02. The van der Waals surface area contributed by atoms with Crippen LogP contribution in [0.15, 0.2) is 205 Å². The fourth-order valence-electron chi connectivity index (χ4n) is 7.02. The van der Waals surface area contributed by atoms with Crippen molar-refractivity contribution < 1.29 is 4.42 Å². The lowest BCUT2D eigenvalue weighted by molar-refractivity contribution is 0.631. The van der Waals surface area contributed by atoms with Crippen molar-refractivity contribution in [2.75, 3.05) is 4.90 Å². The molecule has 0 unspecified atom stereocenters. The summed E-state index contributed by atoms with van der Waals surface area (Å²) in [4.78, 5) is 2.37. The Morgan fingerprint density at radius 2 is 0.920 bits per heavy atom. The minimum absolute atomic E-state index is 0.835. The van der Waals surface area contributed by atoms with Crippen LogP contribution in [0.2, 0.25) is 0 Å². The van der Waals surface area contributed by atoms with Crippen molar-refractivity contribution in [3.8, 4) is 44.7 Å². The van der Waals surface area contributed by atoms with E-state index in [0.717, 1.165) is 50.5 Å². The summed E-state index contributed by atoms with van der Waals surface area (Å²) in [6.07, 6.45) is 0. The van der Waals surface area contributed by atoms with Gasteiger partial charge in [0, 0.05) is 22.3 Å². The monoisotopic (exact) mass is 639 g/mol. The molecule has 0 spiro atoms. The van der Waals surface area contributed by atoms with E-state index >= 15 is 0 Å². The smallest absolute Gasteiger partial charge is 0.137 e. The standard InChI is InChI=1S/C48H33NO/c1-3-14-34(15-4-1)39-30-40(35-16-5-2-6-17-35)32-42(31-39)49(46-24-11-10-22-45(46)48-33-38-19-8-12-25-47(38)50-48)41-28-26-37(27-29-41)44-23-13-20-36-18-7-9-21-43(36)44/h1-33H. The van der Waals surface area contributed by atoms with Crippen LogP contribution >= 0.6 is 0 Å². The largest absolute Gasteiger partial charge is 0.456 e. The molecule has 2 heteroatoms. The zero-order valence-corrected chi connectivity index (χ0v) is 27.4. The topological polar surface area (TPSA) is 16.4 Å². The molecule has 236 valence electrons. The molecule has 0 aliphatic heterocycles. The molecule has 0 aliphatic carbocycles. The maximum absolute atomic E-state index is 6.49. The van der Waals surface area contributed by atoms with Gasteiger partial charge in [0.15, 0.2) is 0 Å². The molecule has 8 aromatic carbocycles. The van der Waals surface area contributed by atoms with E-state index in [0.29, 0.717) is 0 Å². The van der Waals surface area contributed by atoms with E-state index in [1.54, 1.807) is 0 Å². The Kier molecular flexibility index (Phi) is 7.53. The lowest BCUT2D eigenvalue weighted by atomic mass is 9.96. The van der Waals surface area contributed by atoms with Gasteiger partial charge in [-0.25, -0.2) is 0 Å². The van der Waals surface area contributed by atoms with Crippen LogP contribution in [0.25, 0.3) is 66.4 Å². The van der Waals surface area contributed by atoms with Crippen LogP contribution in [-0.2, 0) is 0 Å². The maximum Gasteiger partial charge on any atom is 0.137 e. The van der Waals surface area contributed by atoms with Gasteiger partial charge in [0.1, 0.15) is 11.3 Å². The summed E-state index contributed by atoms with van der Waals surface area (Å²) < 4.78 is 6.49. The van der Waals surface area contributed by atoms with Crippen molar-refractivity contribution in [1.29, 1.82) is 0 Å². The summed E-state index contributed by atoms with van der Waals surface area (Å²) in [6.45, 7) is 0. The molecule has 9 aromatic rings. The molecule has 2 nitrogen and oxygen atoms in total. The highest BCUT2D eigenvalue weighted by atomic mass is 16.3. The summed E-state index contributed by atoms with van der Waals surface area (Å²) in [6, 6.07) is 71.1. The van der Waals surface area contributed by atoms with Gasteiger partial charge in [-0.15, -0.1) is 0 Å². The molecule has 0 fully saturated rings. The van der Waals surface area contributed by atoms with Crippen LogP contribution in [0.3, 0.4) is 0 Å². The third-order valence-corrected chi connectivity index (χ3v) is 9.45. The number of benzene rings is 8. The lowest BCUT2D eigenvalue weighted by Crippen LogP contribution is -2.11. The predicted molar refractivity (Wildman–Crippen MR) is 210 cm³/mol. The third kappa shape index (κ3) is 5.53. The van der Waals surface area contributed by atoms with Crippen molar-refractivity contribution in [2.24, 2.45) is 0 Å². The first kappa shape index (κ1) is 29.5. The summed E-state index contributed by atoms with van der Waals surface area (Å²) in [7, 11) is 0. The number of furan rings is 1. The van der Waals surface area contributed by atoms with Gasteiger partial charge in [0.05, 0.1) is 5.69 Å². The van der Waals surface area contributed by atoms with E-state index in [1.807, 2.05) is 12.1 Å². The second kappa shape index (κ2) is 12.8. The Morgan fingerprint density at radius 3 is 1.64 bits per heavy atom. The molecule has 9 rings (SSSR count). The average Bonchev–Trinajstić information content (AvgIpc) is 3.63. The first-order valence-corrected chi connectivity index (χ1v) is 17.0. The molecule has 0 saturated heterocycles. The van der Waals surface area contributed by atoms with Crippen LogP contribution in [-0.4, -0.2) is 0 Å². The quantitative estimate of drug-likeness (QED) is 0.173. The van der Waals surface area contributed by atoms with E-state index in [4.69, 9.17) is 4.42 Å².